The molecule has 0 spiro atoms. The largest absolute Gasteiger partial charge is 0.394 e. The quantitative estimate of drug-likeness (QED) is 0.0244. The van der Waals surface area contributed by atoms with Gasteiger partial charge in [0.1, 0.15) is 48.8 Å². The zero-order valence-corrected chi connectivity index (χ0v) is 39.5. The smallest absolute Gasteiger partial charge is 0.220 e. The third-order valence-electron chi connectivity index (χ3n) is 12.3. The van der Waals surface area contributed by atoms with Crippen LogP contribution in [0.3, 0.4) is 0 Å². The fraction of sp³-hybridized carbons (Fsp3) is 0.860. The molecule has 0 aromatic rings. The number of nitrogens with one attached hydrogen (secondary N) is 1. The van der Waals surface area contributed by atoms with Crippen LogP contribution in [0, 0.1) is 0 Å². The standard InChI is InChI=1S/C50H91NO13/c1-3-5-7-9-11-13-15-17-18-19-20-22-23-25-27-29-31-33-39(54)38(51-42(55)34-32-30-28-26-24-21-16-14-12-10-8-6-4-2)37-61-49-47(60)45(58)48(41(36-53)63-49)64-50-46(59)44(57)43(56)40(35-52)62-50/h14,16,23,25,31,33,38-41,43-50,52-54,56-60H,3-13,15,17-22,24,26-30,32,34-37H2,1-2H3,(H,51,55)/b16-14-,25-23+,33-31+. The highest BCUT2D eigenvalue weighted by Gasteiger charge is 2.51. The lowest BCUT2D eigenvalue weighted by Crippen LogP contribution is -2.65. The predicted octanol–water partition coefficient (Wildman–Crippen LogP) is 6.32. The zero-order chi connectivity index (χ0) is 46.8. The van der Waals surface area contributed by atoms with Crippen LogP contribution in [0.25, 0.3) is 0 Å². The Balaban J connectivity index is 1.88. The third kappa shape index (κ3) is 24.3. The normalized spacial score (nSPS) is 27.5. The first-order valence-electron chi connectivity index (χ1n) is 25.2. The van der Waals surface area contributed by atoms with E-state index in [9.17, 15) is 45.6 Å². The number of aliphatic hydroxyl groups is 8. The molecule has 0 bridgehead atoms. The molecule has 14 nitrogen and oxygen atoms in total. The molecular weight excluding hydrogens is 823 g/mol. The van der Waals surface area contributed by atoms with Crippen molar-refractivity contribution in [3.05, 3.63) is 36.5 Å². The van der Waals surface area contributed by atoms with E-state index in [0.717, 1.165) is 51.4 Å². The number of amides is 1. The first-order valence-corrected chi connectivity index (χ1v) is 25.2. The highest BCUT2D eigenvalue weighted by molar-refractivity contribution is 5.76. The van der Waals surface area contributed by atoms with Gasteiger partial charge in [-0.25, -0.2) is 0 Å². The zero-order valence-electron chi connectivity index (χ0n) is 39.5. The molecule has 0 aliphatic carbocycles. The summed E-state index contributed by atoms with van der Waals surface area (Å²) in [5, 5.41) is 86.6. The SMILES string of the molecule is CCCCCC/C=C\CCCCCCCC(=O)NC(COC1OC(CO)C(OC2OC(CO)C(O)C(O)C2O)C(O)C1O)C(O)/C=C/CC/C=C/CCCCCCCCCCCCC. The minimum atomic E-state index is -1.79. The van der Waals surface area contributed by atoms with Gasteiger partial charge in [-0.2, -0.15) is 0 Å². The number of ether oxygens (including phenoxy) is 4. The van der Waals surface area contributed by atoms with Gasteiger partial charge in [-0.15, -0.1) is 0 Å². The van der Waals surface area contributed by atoms with E-state index < -0.39 is 86.8 Å². The van der Waals surface area contributed by atoms with E-state index in [1.165, 1.54) is 96.3 Å². The monoisotopic (exact) mass is 914 g/mol. The van der Waals surface area contributed by atoms with E-state index in [4.69, 9.17) is 18.9 Å². The molecule has 0 aromatic carbocycles. The molecule has 0 radical (unpaired) electrons. The summed E-state index contributed by atoms with van der Waals surface area (Å²) in [6.45, 7) is 2.73. The summed E-state index contributed by atoms with van der Waals surface area (Å²) in [6, 6.07) is -0.933. The molecule has 14 heteroatoms. The minimum absolute atomic E-state index is 0.260. The second-order valence-corrected chi connectivity index (χ2v) is 17.9. The van der Waals surface area contributed by atoms with Crippen LogP contribution in [-0.4, -0.2) is 140 Å². The molecule has 374 valence electrons. The number of rotatable bonds is 38. The van der Waals surface area contributed by atoms with E-state index in [0.29, 0.717) is 12.8 Å². The number of hydrogen-bond acceptors (Lipinski definition) is 13. The number of hydrogen-bond donors (Lipinski definition) is 9. The molecule has 0 aromatic heterocycles. The van der Waals surface area contributed by atoms with Crippen molar-refractivity contribution in [1.29, 1.82) is 0 Å². The van der Waals surface area contributed by atoms with Gasteiger partial charge < -0.3 is 65.1 Å². The minimum Gasteiger partial charge on any atom is -0.394 e. The molecule has 2 heterocycles. The summed E-state index contributed by atoms with van der Waals surface area (Å²) in [5.41, 5.74) is 0. The number of unbranched alkanes of at least 4 members (excludes halogenated alkanes) is 21. The van der Waals surface area contributed by atoms with Gasteiger partial charge in [-0.1, -0.05) is 153 Å². The van der Waals surface area contributed by atoms with E-state index in [-0.39, 0.29) is 18.9 Å². The van der Waals surface area contributed by atoms with Crippen LogP contribution in [0.15, 0.2) is 36.5 Å². The van der Waals surface area contributed by atoms with Crippen LogP contribution in [0.5, 0.6) is 0 Å². The summed E-state index contributed by atoms with van der Waals surface area (Å²) in [4.78, 5) is 13.1. The van der Waals surface area contributed by atoms with Crippen LogP contribution in [0.1, 0.15) is 181 Å². The number of aliphatic hydroxyl groups excluding tert-OH is 8. The van der Waals surface area contributed by atoms with Gasteiger partial charge in [0, 0.05) is 6.42 Å². The molecule has 2 aliphatic heterocycles. The van der Waals surface area contributed by atoms with Gasteiger partial charge in [0.2, 0.25) is 5.91 Å². The van der Waals surface area contributed by atoms with Crippen molar-refractivity contribution in [2.24, 2.45) is 0 Å². The van der Waals surface area contributed by atoms with E-state index in [1.807, 2.05) is 6.08 Å². The van der Waals surface area contributed by atoms with Crippen LogP contribution < -0.4 is 5.32 Å². The molecule has 2 aliphatic rings. The van der Waals surface area contributed by atoms with Crippen molar-refractivity contribution in [3.63, 3.8) is 0 Å². The summed E-state index contributed by atoms with van der Waals surface area (Å²) in [6.07, 6.45) is 24.7. The van der Waals surface area contributed by atoms with Gasteiger partial charge in [-0.05, 0) is 57.8 Å². The second kappa shape index (κ2) is 37.2. The maximum Gasteiger partial charge on any atom is 0.220 e. The lowest BCUT2D eigenvalue weighted by molar-refractivity contribution is -0.359. The Bertz CT molecular complexity index is 1220. The van der Waals surface area contributed by atoms with Gasteiger partial charge in [-0.3, -0.25) is 4.79 Å². The molecule has 0 saturated carbocycles. The fourth-order valence-corrected chi connectivity index (χ4v) is 8.12. The Kier molecular flexibility index (Phi) is 33.9. The summed E-state index contributed by atoms with van der Waals surface area (Å²) < 4.78 is 22.6. The summed E-state index contributed by atoms with van der Waals surface area (Å²) >= 11 is 0. The van der Waals surface area contributed by atoms with Crippen LogP contribution >= 0.6 is 0 Å². The summed E-state index contributed by atoms with van der Waals surface area (Å²) in [7, 11) is 0. The third-order valence-corrected chi connectivity index (χ3v) is 12.3. The van der Waals surface area contributed by atoms with Gasteiger partial charge in [0.15, 0.2) is 12.6 Å². The Hall–Kier alpha value is -1.79. The lowest BCUT2D eigenvalue weighted by Gasteiger charge is -2.46. The Morgan fingerprint density at radius 1 is 0.547 bits per heavy atom. The first-order chi connectivity index (χ1) is 31.1. The highest BCUT2D eigenvalue weighted by atomic mass is 16.7. The van der Waals surface area contributed by atoms with Crippen molar-refractivity contribution in [2.45, 2.75) is 254 Å². The molecule has 12 unspecified atom stereocenters. The van der Waals surface area contributed by atoms with Gasteiger partial charge in [0.05, 0.1) is 32.0 Å². The predicted molar refractivity (Wildman–Crippen MR) is 249 cm³/mol. The van der Waals surface area contributed by atoms with Crippen LogP contribution in [0.2, 0.25) is 0 Å². The number of allylic oxidation sites excluding steroid dienone is 5. The van der Waals surface area contributed by atoms with E-state index in [2.05, 4.69) is 43.5 Å². The Morgan fingerprint density at radius 2 is 1.00 bits per heavy atom. The average Bonchev–Trinajstić information content (AvgIpc) is 3.29. The molecule has 1 amide bonds. The molecule has 64 heavy (non-hydrogen) atoms. The maximum atomic E-state index is 13.1. The van der Waals surface area contributed by atoms with Crippen molar-refractivity contribution in [2.75, 3.05) is 19.8 Å². The molecular formula is C50H91NO13. The van der Waals surface area contributed by atoms with Crippen molar-refractivity contribution >= 4 is 5.91 Å². The van der Waals surface area contributed by atoms with Crippen molar-refractivity contribution in [3.8, 4) is 0 Å². The molecule has 9 N–H and O–H groups in total. The first kappa shape index (κ1) is 58.3. The molecule has 2 saturated heterocycles. The van der Waals surface area contributed by atoms with Gasteiger partial charge in [0.25, 0.3) is 0 Å². The second-order valence-electron chi connectivity index (χ2n) is 17.9. The highest BCUT2D eigenvalue weighted by Crippen LogP contribution is 2.30. The number of carbonyl (C=O) groups is 1. The molecule has 2 rings (SSSR count). The maximum absolute atomic E-state index is 13.1. The summed E-state index contributed by atoms with van der Waals surface area (Å²) in [5.74, 6) is -0.260. The Morgan fingerprint density at radius 3 is 1.55 bits per heavy atom. The lowest BCUT2D eigenvalue weighted by atomic mass is 9.97. The topological polar surface area (TPSA) is 228 Å². The number of carbonyl (C=O) groups excluding carboxylic acids is 1. The average molecular weight is 914 g/mol. The van der Waals surface area contributed by atoms with Crippen molar-refractivity contribution in [1.82, 2.24) is 5.32 Å². The van der Waals surface area contributed by atoms with Crippen LogP contribution in [-0.2, 0) is 23.7 Å². The Labute approximate surface area is 385 Å². The molecule has 12 atom stereocenters. The van der Waals surface area contributed by atoms with Crippen molar-refractivity contribution < 1.29 is 64.6 Å². The van der Waals surface area contributed by atoms with E-state index in [1.54, 1.807) is 6.08 Å². The van der Waals surface area contributed by atoms with Crippen LogP contribution in [0.4, 0.5) is 0 Å². The van der Waals surface area contributed by atoms with Gasteiger partial charge >= 0.3 is 0 Å². The fourth-order valence-electron chi connectivity index (χ4n) is 8.12. The van der Waals surface area contributed by atoms with E-state index >= 15 is 0 Å². The molecule has 2 fully saturated rings.